The maximum atomic E-state index is 14.6. The van der Waals surface area contributed by atoms with E-state index in [1.165, 1.54) is 19.3 Å². The van der Waals surface area contributed by atoms with E-state index in [1.54, 1.807) is 12.3 Å². The van der Waals surface area contributed by atoms with Crippen molar-refractivity contribution in [2.24, 2.45) is 11.8 Å². The molecule has 3 nitrogen and oxygen atoms in total. The van der Waals surface area contributed by atoms with Crippen LogP contribution in [0.25, 0.3) is 0 Å². The molecule has 0 aromatic carbocycles. The van der Waals surface area contributed by atoms with Crippen LogP contribution in [-0.4, -0.2) is 24.1 Å². The fraction of sp³-hybridized carbons (Fsp3) is 0.688. The van der Waals surface area contributed by atoms with Crippen LogP contribution in [0.2, 0.25) is 0 Å². The van der Waals surface area contributed by atoms with Gasteiger partial charge in [-0.2, -0.15) is 0 Å². The number of hydrogen-bond donors (Lipinski definition) is 1. The maximum Gasteiger partial charge on any atom is 0.170 e. The first-order chi connectivity index (χ1) is 9.65. The van der Waals surface area contributed by atoms with Gasteiger partial charge in [-0.25, -0.2) is 9.37 Å². The van der Waals surface area contributed by atoms with E-state index in [9.17, 15) is 4.39 Å². The number of nitrogens with zero attached hydrogens (tertiary/aromatic N) is 2. The Labute approximate surface area is 120 Å². The van der Waals surface area contributed by atoms with Crippen molar-refractivity contribution >= 4 is 5.82 Å². The van der Waals surface area contributed by atoms with Crippen molar-refractivity contribution in [3.8, 4) is 0 Å². The molecule has 20 heavy (non-hydrogen) atoms. The molecule has 3 rings (SSSR count). The lowest BCUT2D eigenvalue weighted by atomic mass is 10.1. The zero-order valence-corrected chi connectivity index (χ0v) is 12.4. The Morgan fingerprint density at radius 3 is 2.95 bits per heavy atom. The standard InChI is InChI=1S/C16H24FN3/c1-11(2)8-18-9-13-5-6-19-16(15(13)17)20-10-12-3-4-14(20)7-12/h5-6,11-12,14,18H,3-4,7-10H2,1-2H3. The van der Waals surface area contributed by atoms with E-state index in [2.05, 4.69) is 29.0 Å². The topological polar surface area (TPSA) is 28.2 Å². The van der Waals surface area contributed by atoms with Crippen molar-refractivity contribution < 1.29 is 4.39 Å². The molecule has 4 heteroatoms. The predicted molar refractivity (Wildman–Crippen MR) is 79.2 cm³/mol. The molecule has 2 fully saturated rings. The summed E-state index contributed by atoms with van der Waals surface area (Å²) in [5, 5.41) is 3.31. The van der Waals surface area contributed by atoms with Gasteiger partial charge in [-0.15, -0.1) is 0 Å². The van der Waals surface area contributed by atoms with Crippen LogP contribution >= 0.6 is 0 Å². The first-order valence-corrected chi connectivity index (χ1v) is 7.76. The molecule has 2 heterocycles. The fourth-order valence-corrected chi connectivity index (χ4v) is 3.49. The fourth-order valence-electron chi connectivity index (χ4n) is 3.49. The van der Waals surface area contributed by atoms with E-state index in [-0.39, 0.29) is 5.82 Å². The number of anilines is 1. The van der Waals surface area contributed by atoms with Gasteiger partial charge in [-0.1, -0.05) is 13.8 Å². The molecule has 1 aliphatic heterocycles. The van der Waals surface area contributed by atoms with Gasteiger partial charge in [0, 0.05) is 30.9 Å². The van der Waals surface area contributed by atoms with E-state index in [0.717, 1.165) is 24.6 Å². The second-order valence-electron chi connectivity index (χ2n) is 6.62. The summed E-state index contributed by atoms with van der Waals surface area (Å²) < 4.78 is 14.6. The molecule has 2 bridgehead atoms. The number of fused-ring (bicyclic) bond motifs is 2. The van der Waals surface area contributed by atoms with Gasteiger partial charge in [0.2, 0.25) is 0 Å². The zero-order valence-electron chi connectivity index (χ0n) is 12.4. The number of rotatable bonds is 5. The second kappa shape index (κ2) is 5.68. The molecular weight excluding hydrogens is 253 g/mol. The van der Waals surface area contributed by atoms with Gasteiger partial charge in [0.25, 0.3) is 0 Å². The van der Waals surface area contributed by atoms with Crippen LogP contribution in [0, 0.1) is 17.7 Å². The smallest absolute Gasteiger partial charge is 0.170 e. The minimum Gasteiger partial charge on any atom is -0.351 e. The Hall–Kier alpha value is -1.16. The van der Waals surface area contributed by atoms with Crippen LogP contribution in [-0.2, 0) is 6.54 Å². The summed E-state index contributed by atoms with van der Waals surface area (Å²) in [6.07, 6.45) is 5.47. The summed E-state index contributed by atoms with van der Waals surface area (Å²) >= 11 is 0. The van der Waals surface area contributed by atoms with Crippen LogP contribution in [0.15, 0.2) is 12.3 Å². The Bertz CT molecular complexity index is 475. The van der Waals surface area contributed by atoms with Crippen LogP contribution in [0.4, 0.5) is 10.2 Å². The lowest BCUT2D eigenvalue weighted by Gasteiger charge is -2.28. The van der Waals surface area contributed by atoms with Gasteiger partial charge in [0.05, 0.1) is 0 Å². The molecule has 2 atom stereocenters. The average Bonchev–Trinajstić information content (AvgIpc) is 3.03. The van der Waals surface area contributed by atoms with E-state index < -0.39 is 0 Å². The highest BCUT2D eigenvalue weighted by molar-refractivity contribution is 5.46. The SMILES string of the molecule is CC(C)CNCc1ccnc(N2CC3CCC2C3)c1F. The highest BCUT2D eigenvalue weighted by Gasteiger charge is 2.39. The van der Waals surface area contributed by atoms with Crippen molar-refractivity contribution in [3.05, 3.63) is 23.6 Å². The van der Waals surface area contributed by atoms with Gasteiger partial charge < -0.3 is 10.2 Å². The molecule has 0 spiro atoms. The van der Waals surface area contributed by atoms with Gasteiger partial charge in [-0.3, -0.25) is 0 Å². The third kappa shape index (κ3) is 2.66. The highest BCUT2D eigenvalue weighted by atomic mass is 19.1. The number of halogens is 1. The largest absolute Gasteiger partial charge is 0.351 e. The lowest BCUT2D eigenvalue weighted by Crippen LogP contribution is -2.33. The number of piperidine rings is 1. The van der Waals surface area contributed by atoms with E-state index in [4.69, 9.17) is 0 Å². The first kappa shape index (κ1) is 13.8. The van der Waals surface area contributed by atoms with E-state index in [0.29, 0.717) is 24.3 Å². The normalized spacial score (nSPS) is 24.9. The molecule has 0 radical (unpaired) electrons. The third-order valence-electron chi connectivity index (χ3n) is 4.50. The van der Waals surface area contributed by atoms with Crippen LogP contribution in [0.3, 0.4) is 0 Å². The molecule has 110 valence electrons. The number of nitrogens with one attached hydrogen (secondary N) is 1. The first-order valence-electron chi connectivity index (χ1n) is 7.76. The Morgan fingerprint density at radius 2 is 2.30 bits per heavy atom. The van der Waals surface area contributed by atoms with Crippen molar-refractivity contribution in [2.75, 3.05) is 18.0 Å². The van der Waals surface area contributed by atoms with Crippen molar-refractivity contribution in [1.82, 2.24) is 10.3 Å². The number of pyridine rings is 1. The molecule has 1 aromatic heterocycles. The van der Waals surface area contributed by atoms with Gasteiger partial charge in [0.1, 0.15) is 0 Å². The zero-order chi connectivity index (χ0) is 14.1. The summed E-state index contributed by atoms with van der Waals surface area (Å²) in [7, 11) is 0. The third-order valence-corrected chi connectivity index (χ3v) is 4.50. The van der Waals surface area contributed by atoms with Crippen molar-refractivity contribution in [2.45, 2.75) is 45.7 Å². The predicted octanol–water partition coefficient (Wildman–Crippen LogP) is 2.96. The molecule has 1 saturated heterocycles. The molecular formula is C16H24FN3. The van der Waals surface area contributed by atoms with Crippen molar-refractivity contribution in [1.29, 1.82) is 0 Å². The Kier molecular flexibility index (Phi) is 3.92. The van der Waals surface area contributed by atoms with Crippen LogP contribution < -0.4 is 10.2 Å². The monoisotopic (exact) mass is 277 g/mol. The van der Waals surface area contributed by atoms with Crippen LogP contribution in [0.1, 0.15) is 38.7 Å². The summed E-state index contributed by atoms with van der Waals surface area (Å²) in [5.74, 6) is 1.77. The molecule has 0 amide bonds. The van der Waals surface area contributed by atoms with E-state index >= 15 is 0 Å². The van der Waals surface area contributed by atoms with Crippen LogP contribution in [0.5, 0.6) is 0 Å². The van der Waals surface area contributed by atoms with E-state index in [1.807, 2.05) is 0 Å². The number of hydrogen-bond acceptors (Lipinski definition) is 3. The summed E-state index contributed by atoms with van der Waals surface area (Å²) in [6, 6.07) is 2.31. The van der Waals surface area contributed by atoms with Gasteiger partial charge in [-0.05, 0) is 43.7 Å². The number of aromatic nitrogens is 1. The maximum absolute atomic E-state index is 14.6. The molecule has 2 unspecified atom stereocenters. The second-order valence-corrected chi connectivity index (χ2v) is 6.62. The highest BCUT2D eigenvalue weighted by Crippen LogP contribution is 2.40. The Balaban J connectivity index is 1.72. The quantitative estimate of drug-likeness (QED) is 0.897. The average molecular weight is 277 g/mol. The Morgan fingerprint density at radius 1 is 1.45 bits per heavy atom. The molecule has 1 saturated carbocycles. The minimum atomic E-state index is -0.128. The van der Waals surface area contributed by atoms with Gasteiger partial charge in [0.15, 0.2) is 11.6 Å². The summed E-state index contributed by atoms with van der Waals surface area (Å²) in [6.45, 7) is 6.79. The lowest BCUT2D eigenvalue weighted by molar-refractivity contribution is 0.517. The molecule has 1 aliphatic carbocycles. The molecule has 2 aliphatic rings. The minimum absolute atomic E-state index is 0.128. The summed E-state index contributed by atoms with van der Waals surface area (Å²) in [4.78, 5) is 6.50. The van der Waals surface area contributed by atoms with Crippen molar-refractivity contribution in [3.63, 3.8) is 0 Å². The summed E-state index contributed by atoms with van der Waals surface area (Å²) in [5.41, 5.74) is 0.735. The van der Waals surface area contributed by atoms with Gasteiger partial charge >= 0.3 is 0 Å². The molecule has 1 aromatic rings. The molecule has 1 N–H and O–H groups in total.